The highest BCUT2D eigenvalue weighted by Gasteiger charge is 2.29. The van der Waals surface area contributed by atoms with Crippen LogP contribution in [0.4, 0.5) is 10.5 Å². The number of aryl methyl sites for hydroxylation is 1. The van der Waals surface area contributed by atoms with Crippen molar-refractivity contribution in [1.29, 1.82) is 0 Å². The first-order valence-electron chi connectivity index (χ1n) is 13.1. The number of benzene rings is 2. The first kappa shape index (κ1) is 27.5. The van der Waals surface area contributed by atoms with E-state index < -0.39 is 11.7 Å². The summed E-state index contributed by atoms with van der Waals surface area (Å²) in [5, 5.41) is 4.26. The molecule has 2 heterocycles. The zero-order chi connectivity index (χ0) is 27.6. The summed E-state index contributed by atoms with van der Waals surface area (Å²) in [5.41, 5.74) is 4.82. The summed E-state index contributed by atoms with van der Waals surface area (Å²) in [6.45, 7) is 9.17. The Morgan fingerprint density at radius 3 is 2.53 bits per heavy atom. The van der Waals surface area contributed by atoms with Crippen molar-refractivity contribution >= 4 is 28.7 Å². The van der Waals surface area contributed by atoms with Crippen LogP contribution in [0.1, 0.15) is 73.1 Å². The van der Waals surface area contributed by atoms with Crippen molar-refractivity contribution in [3.05, 3.63) is 58.8 Å². The number of rotatable bonds is 6. The molecule has 1 aromatic heterocycles. The van der Waals surface area contributed by atoms with Gasteiger partial charge in [-0.05, 0) is 82.5 Å². The number of hydrogen-bond acceptors (Lipinski definition) is 7. The van der Waals surface area contributed by atoms with Crippen molar-refractivity contribution in [3.8, 4) is 5.75 Å². The number of carbonyl (C=O) groups excluding carboxylic acids is 2. The van der Waals surface area contributed by atoms with Gasteiger partial charge in [0.15, 0.2) is 0 Å². The number of esters is 1. The Bertz CT molecular complexity index is 1340. The van der Waals surface area contributed by atoms with Crippen LogP contribution in [0.15, 0.2) is 36.5 Å². The Morgan fingerprint density at radius 1 is 1.11 bits per heavy atom. The van der Waals surface area contributed by atoms with Gasteiger partial charge < -0.3 is 19.5 Å². The minimum absolute atomic E-state index is 0.159. The van der Waals surface area contributed by atoms with Crippen molar-refractivity contribution in [2.24, 2.45) is 0 Å². The highest BCUT2D eigenvalue weighted by molar-refractivity contribution is 5.95. The Labute approximate surface area is 224 Å². The van der Waals surface area contributed by atoms with E-state index >= 15 is 0 Å². The van der Waals surface area contributed by atoms with Gasteiger partial charge in [0, 0.05) is 42.5 Å². The minimum atomic E-state index is -0.591. The first-order valence-corrected chi connectivity index (χ1v) is 13.1. The van der Waals surface area contributed by atoms with E-state index in [2.05, 4.69) is 10.2 Å². The summed E-state index contributed by atoms with van der Waals surface area (Å²) in [5.74, 6) is 0.450. The van der Waals surface area contributed by atoms with Crippen LogP contribution in [0.3, 0.4) is 0 Å². The average Bonchev–Trinajstić information content (AvgIpc) is 3.35. The fourth-order valence-electron chi connectivity index (χ4n) is 5.42. The molecule has 8 heteroatoms. The second-order valence-electron chi connectivity index (χ2n) is 10.8. The zero-order valence-electron chi connectivity index (χ0n) is 23.5. The van der Waals surface area contributed by atoms with E-state index in [9.17, 15) is 9.59 Å². The molecule has 4 rings (SSSR count). The van der Waals surface area contributed by atoms with Crippen LogP contribution in [0.2, 0.25) is 0 Å². The molecule has 1 fully saturated rings. The van der Waals surface area contributed by atoms with E-state index in [0.717, 1.165) is 64.8 Å². The van der Waals surface area contributed by atoms with Gasteiger partial charge in [-0.15, -0.1) is 0 Å². The van der Waals surface area contributed by atoms with Crippen molar-refractivity contribution in [3.63, 3.8) is 0 Å². The zero-order valence-corrected chi connectivity index (χ0v) is 23.5. The predicted octanol–water partition coefficient (Wildman–Crippen LogP) is 6.30. The number of nitrogens with one attached hydrogen (secondary N) is 1. The third kappa shape index (κ3) is 5.50. The van der Waals surface area contributed by atoms with Crippen LogP contribution in [0.5, 0.6) is 5.75 Å². The van der Waals surface area contributed by atoms with E-state index in [0.29, 0.717) is 12.1 Å². The fraction of sp³-hybridized carbons (Fsp3) is 0.467. The predicted molar refractivity (Wildman–Crippen MR) is 149 cm³/mol. The second-order valence-corrected chi connectivity index (χ2v) is 10.8. The quantitative estimate of drug-likeness (QED) is 0.381. The number of nitrogens with zero attached hydrogens (tertiary/aromatic N) is 2. The van der Waals surface area contributed by atoms with Gasteiger partial charge in [0.1, 0.15) is 11.4 Å². The monoisotopic (exact) mass is 521 g/mol. The summed E-state index contributed by atoms with van der Waals surface area (Å²) in [7, 11) is 4.95. The summed E-state index contributed by atoms with van der Waals surface area (Å²) in [6, 6.07) is 9.86. The maximum atomic E-state index is 13.0. The fourth-order valence-corrected chi connectivity index (χ4v) is 5.42. The average molecular weight is 522 g/mol. The van der Waals surface area contributed by atoms with Crippen LogP contribution in [0.25, 0.3) is 10.9 Å². The highest BCUT2D eigenvalue weighted by Crippen LogP contribution is 2.40. The lowest BCUT2D eigenvalue weighted by Crippen LogP contribution is -2.33. The highest BCUT2D eigenvalue weighted by atomic mass is 16.6. The molecule has 1 saturated heterocycles. The molecule has 0 amide bonds. The number of carbonyl (C=O) groups is 2. The van der Waals surface area contributed by atoms with Gasteiger partial charge in [0.2, 0.25) is 0 Å². The maximum absolute atomic E-state index is 13.0. The van der Waals surface area contributed by atoms with E-state index in [-0.39, 0.29) is 12.0 Å². The molecule has 1 atom stereocenters. The van der Waals surface area contributed by atoms with E-state index in [1.807, 2.05) is 65.1 Å². The lowest BCUT2D eigenvalue weighted by molar-refractivity contribution is 0.0542. The number of ether oxygens (including phenoxy) is 3. The second kappa shape index (κ2) is 11.1. The molecule has 8 nitrogen and oxygen atoms in total. The van der Waals surface area contributed by atoms with Gasteiger partial charge in [-0.1, -0.05) is 12.5 Å². The SMILES string of the molecule is CNc1cc(C(=O)OC)ccc1[C@H]1CCCCN1Cc1c(OC)cc(C)c2c1ccn2C(=O)OC(C)(C)C. The third-order valence-corrected chi connectivity index (χ3v) is 7.12. The number of likely N-dealkylation sites (tertiary alicyclic amines) is 1. The van der Waals surface area contributed by atoms with Gasteiger partial charge in [0.05, 0.1) is 25.3 Å². The first-order chi connectivity index (χ1) is 18.1. The van der Waals surface area contributed by atoms with Crippen LogP contribution in [-0.4, -0.2) is 54.9 Å². The molecule has 0 aliphatic carbocycles. The van der Waals surface area contributed by atoms with Gasteiger partial charge in [-0.3, -0.25) is 9.47 Å². The molecule has 0 radical (unpaired) electrons. The number of hydrogen-bond donors (Lipinski definition) is 1. The largest absolute Gasteiger partial charge is 0.496 e. The summed E-state index contributed by atoms with van der Waals surface area (Å²) < 4.78 is 18.0. The number of fused-ring (bicyclic) bond motifs is 1. The molecule has 38 heavy (non-hydrogen) atoms. The van der Waals surface area contributed by atoms with Crippen LogP contribution >= 0.6 is 0 Å². The van der Waals surface area contributed by atoms with Crippen molar-refractivity contribution < 1.29 is 23.8 Å². The lowest BCUT2D eigenvalue weighted by Gasteiger charge is -2.37. The maximum Gasteiger partial charge on any atom is 0.419 e. The molecule has 3 aromatic rings. The standard InChI is InChI=1S/C30H39N3O5/c1-19-16-26(36-6)23(21-13-15-33(27(19)21)29(35)38-30(2,3)4)18-32-14-9-8-10-25(32)22-12-11-20(28(34)37-7)17-24(22)31-5/h11-13,15-17,25,31H,8-10,14,18H2,1-7H3/t25-/m1/s1. The Morgan fingerprint density at radius 2 is 1.87 bits per heavy atom. The van der Waals surface area contributed by atoms with Crippen LogP contribution in [0, 0.1) is 6.92 Å². The van der Waals surface area contributed by atoms with Gasteiger partial charge >= 0.3 is 12.1 Å². The van der Waals surface area contributed by atoms with Crippen molar-refractivity contribution in [2.75, 3.05) is 33.1 Å². The van der Waals surface area contributed by atoms with Crippen LogP contribution in [-0.2, 0) is 16.0 Å². The normalized spacial score (nSPS) is 16.3. The Balaban J connectivity index is 1.74. The summed E-state index contributed by atoms with van der Waals surface area (Å²) in [4.78, 5) is 27.6. The topological polar surface area (TPSA) is 82.0 Å². The van der Waals surface area contributed by atoms with E-state index in [4.69, 9.17) is 14.2 Å². The molecule has 0 saturated carbocycles. The number of anilines is 1. The smallest absolute Gasteiger partial charge is 0.419 e. The minimum Gasteiger partial charge on any atom is -0.496 e. The summed E-state index contributed by atoms with van der Waals surface area (Å²) >= 11 is 0. The van der Waals surface area contributed by atoms with Crippen molar-refractivity contribution in [2.45, 2.75) is 65.1 Å². The molecular formula is C30H39N3O5. The van der Waals surface area contributed by atoms with Crippen molar-refractivity contribution in [1.82, 2.24) is 9.47 Å². The molecular weight excluding hydrogens is 482 g/mol. The van der Waals surface area contributed by atoms with Gasteiger partial charge in [-0.2, -0.15) is 0 Å². The summed E-state index contributed by atoms with van der Waals surface area (Å²) in [6.07, 6.45) is 4.61. The van der Waals surface area contributed by atoms with E-state index in [1.165, 1.54) is 7.11 Å². The molecule has 204 valence electrons. The van der Waals surface area contributed by atoms with Gasteiger partial charge in [-0.25, -0.2) is 9.59 Å². The molecule has 2 aromatic carbocycles. The number of aromatic nitrogens is 1. The molecule has 1 aliphatic heterocycles. The third-order valence-electron chi connectivity index (χ3n) is 7.12. The number of methoxy groups -OCH3 is 2. The molecule has 1 aliphatic rings. The molecule has 1 N–H and O–H groups in total. The Kier molecular flexibility index (Phi) is 8.02. The molecule has 0 bridgehead atoms. The van der Waals surface area contributed by atoms with Gasteiger partial charge in [0.25, 0.3) is 0 Å². The van der Waals surface area contributed by atoms with Crippen LogP contribution < -0.4 is 10.1 Å². The molecule has 0 spiro atoms. The number of piperidine rings is 1. The van der Waals surface area contributed by atoms with E-state index in [1.54, 1.807) is 17.9 Å². The Hall–Kier alpha value is -3.52. The molecule has 0 unspecified atom stereocenters. The lowest BCUT2D eigenvalue weighted by atomic mass is 9.92.